The van der Waals surface area contributed by atoms with Crippen LogP contribution in [0.25, 0.3) is 11.0 Å². The molecular formula is C19H19NO4. The lowest BCUT2D eigenvalue weighted by molar-refractivity contribution is 0.0925. The monoisotopic (exact) mass is 325 g/mol. The number of nitrogens with one attached hydrogen (secondary N) is 1. The summed E-state index contributed by atoms with van der Waals surface area (Å²) in [6, 6.07) is 13.1. The molecule has 0 atom stereocenters. The molecule has 0 saturated heterocycles. The zero-order valence-electron chi connectivity index (χ0n) is 13.9. The Hall–Kier alpha value is -2.95. The van der Waals surface area contributed by atoms with E-state index in [0.29, 0.717) is 29.4 Å². The minimum absolute atomic E-state index is 0.251. The molecule has 0 unspecified atom stereocenters. The fourth-order valence-electron chi connectivity index (χ4n) is 2.51. The molecular weight excluding hydrogens is 306 g/mol. The Morgan fingerprint density at radius 3 is 2.58 bits per heavy atom. The third-order valence-electron chi connectivity index (χ3n) is 3.80. The molecule has 1 heterocycles. The molecule has 0 radical (unpaired) electrons. The van der Waals surface area contributed by atoms with E-state index >= 15 is 0 Å². The molecule has 3 aromatic rings. The fraction of sp³-hybridized carbons (Fsp3) is 0.211. The van der Waals surface area contributed by atoms with Crippen molar-refractivity contribution in [1.82, 2.24) is 5.32 Å². The van der Waals surface area contributed by atoms with Gasteiger partial charge in [-0.2, -0.15) is 0 Å². The number of hydrogen-bond donors (Lipinski definition) is 1. The second kappa shape index (κ2) is 6.66. The number of rotatable bonds is 5. The quantitative estimate of drug-likeness (QED) is 0.777. The molecule has 0 aliphatic carbocycles. The van der Waals surface area contributed by atoms with Gasteiger partial charge in [0, 0.05) is 11.9 Å². The van der Waals surface area contributed by atoms with Gasteiger partial charge in [-0.1, -0.05) is 18.2 Å². The van der Waals surface area contributed by atoms with Crippen LogP contribution in [-0.4, -0.2) is 20.1 Å². The van der Waals surface area contributed by atoms with Crippen LogP contribution < -0.4 is 14.8 Å². The maximum absolute atomic E-state index is 12.3. The molecule has 2 aromatic carbocycles. The van der Waals surface area contributed by atoms with Crippen LogP contribution >= 0.6 is 0 Å². The third kappa shape index (κ3) is 3.20. The predicted octanol–water partition coefficient (Wildman–Crippen LogP) is 3.69. The van der Waals surface area contributed by atoms with Gasteiger partial charge in [-0.05, 0) is 42.3 Å². The van der Waals surface area contributed by atoms with Crippen molar-refractivity contribution in [1.29, 1.82) is 0 Å². The van der Waals surface area contributed by atoms with Crippen molar-refractivity contribution in [2.75, 3.05) is 14.2 Å². The van der Waals surface area contributed by atoms with E-state index in [1.54, 1.807) is 20.3 Å². The van der Waals surface area contributed by atoms with Crippen molar-refractivity contribution in [3.63, 3.8) is 0 Å². The summed E-state index contributed by atoms with van der Waals surface area (Å²) < 4.78 is 16.1. The van der Waals surface area contributed by atoms with Gasteiger partial charge in [-0.15, -0.1) is 0 Å². The summed E-state index contributed by atoms with van der Waals surface area (Å²) >= 11 is 0. The number of hydrogen-bond acceptors (Lipinski definition) is 4. The number of fused-ring (bicyclic) bond motifs is 1. The molecule has 0 aliphatic heterocycles. The summed E-state index contributed by atoms with van der Waals surface area (Å²) in [4.78, 5) is 12.3. The summed E-state index contributed by atoms with van der Waals surface area (Å²) in [6.45, 7) is 2.36. The molecule has 0 saturated carbocycles. The standard InChI is InChI=1S/C19H19NO4/c1-12-4-6-14-10-18(24-16(14)8-12)19(21)20-11-13-5-7-15(22-2)17(9-13)23-3/h4-10H,11H2,1-3H3,(H,20,21). The second-order valence-corrected chi connectivity index (χ2v) is 5.52. The molecule has 124 valence electrons. The minimum Gasteiger partial charge on any atom is -0.493 e. The van der Waals surface area contributed by atoms with E-state index in [4.69, 9.17) is 13.9 Å². The van der Waals surface area contributed by atoms with Gasteiger partial charge in [0.15, 0.2) is 17.3 Å². The molecule has 1 aromatic heterocycles. The van der Waals surface area contributed by atoms with Gasteiger partial charge in [0.05, 0.1) is 14.2 Å². The van der Waals surface area contributed by atoms with Crippen molar-refractivity contribution >= 4 is 16.9 Å². The van der Waals surface area contributed by atoms with Crippen molar-refractivity contribution in [3.05, 3.63) is 59.4 Å². The second-order valence-electron chi connectivity index (χ2n) is 5.52. The number of aryl methyl sites for hydroxylation is 1. The average Bonchev–Trinajstić information content (AvgIpc) is 3.02. The minimum atomic E-state index is -0.251. The summed E-state index contributed by atoms with van der Waals surface area (Å²) in [5, 5.41) is 3.76. The van der Waals surface area contributed by atoms with E-state index in [1.165, 1.54) is 0 Å². The van der Waals surface area contributed by atoms with Crippen LogP contribution in [0, 0.1) is 6.92 Å². The van der Waals surface area contributed by atoms with Crippen molar-refractivity contribution in [3.8, 4) is 11.5 Å². The van der Waals surface area contributed by atoms with Crippen molar-refractivity contribution in [2.24, 2.45) is 0 Å². The maximum atomic E-state index is 12.3. The van der Waals surface area contributed by atoms with Crippen LogP contribution in [0.1, 0.15) is 21.7 Å². The highest BCUT2D eigenvalue weighted by Crippen LogP contribution is 2.27. The first kappa shape index (κ1) is 15.9. The van der Waals surface area contributed by atoms with Crippen molar-refractivity contribution < 1.29 is 18.7 Å². The number of amides is 1. The lowest BCUT2D eigenvalue weighted by atomic mass is 10.2. The predicted molar refractivity (Wildman–Crippen MR) is 91.7 cm³/mol. The molecule has 0 fully saturated rings. The molecule has 5 nitrogen and oxygen atoms in total. The smallest absolute Gasteiger partial charge is 0.287 e. The maximum Gasteiger partial charge on any atom is 0.287 e. The van der Waals surface area contributed by atoms with Gasteiger partial charge >= 0.3 is 0 Å². The summed E-state index contributed by atoms with van der Waals surface area (Å²) in [6.07, 6.45) is 0. The number of ether oxygens (including phenoxy) is 2. The SMILES string of the molecule is COc1ccc(CNC(=O)c2cc3ccc(C)cc3o2)cc1OC. The Morgan fingerprint density at radius 2 is 1.83 bits per heavy atom. The lowest BCUT2D eigenvalue weighted by Crippen LogP contribution is -2.22. The van der Waals surface area contributed by atoms with E-state index in [9.17, 15) is 4.79 Å². The zero-order chi connectivity index (χ0) is 17.1. The Kier molecular flexibility index (Phi) is 4.42. The van der Waals surface area contributed by atoms with Crippen LogP contribution in [-0.2, 0) is 6.54 Å². The highest BCUT2D eigenvalue weighted by molar-refractivity contribution is 5.96. The number of furan rings is 1. The molecule has 3 rings (SSSR count). The molecule has 1 amide bonds. The molecule has 0 spiro atoms. The van der Waals surface area contributed by atoms with Gasteiger partial charge in [-0.3, -0.25) is 4.79 Å². The Labute approximate surface area is 140 Å². The summed E-state index contributed by atoms with van der Waals surface area (Å²) in [5.41, 5.74) is 2.72. The third-order valence-corrected chi connectivity index (χ3v) is 3.80. The van der Waals surface area contributed by atoms with Gasteiger partial charge in [0.2, 0.25) is 0 Å². The first-order chi connectivity index (χ1) is 11.6. The van der Waals surface area contributed by atoms with Crippen LogP contribution in [0.3, 0.4) is 0 Å². The van der Waals surface area contributed by atoms with E-state index < -0.39 is 0 Å². The van der Waals surface area contributed by atoms with E-state index in [-0.39, 0.29) is 5.91 Å². The lowest BCUT2D eigenvalue weighted by Gasteiger charge is -2.09. The number of benzene rings is 2. The Balaban J connectivity index is 1.72. The first-order valence-electron chi connectivity index (χ1n) is 7.60. The van der Waals surface area contributed by atoms with E-state index in [1.807, 2.05) is 43.3 Å². The fourth-order valence-corrected chi connectivity index (χ4v) is 2.51. The largest absolute Gasteiger partial charge is 0.493 e. The summed E-state index contributed by atoms with van der Waals surface area (Å²) in [5.74, 6) is 1.33. The Bertz CT molecular complexity index is 882. The molecule has 0 aliphatic rings. The molecule has 24 heavy (non-hydrogen) atoms. The van der Waals surface area contributed by atoms with Crippen LogP contribution in [0.2, 0.25) is 0 Å². The van der Waals surface area contributed by atoms with E-state index in [2.05, 4.69) is 5.32 Å². The molecule has 1 N–H and O–H groups in total. The van der Waals surface area contributed by atoms with Crippen LogP contribution in [0.15, 0.2) is 46.9 Å². The van der Waals surface area contributed by atoms with Gasteiger partial charge < -0.3 is 19.2 Å². The van der Waals surface area contributed by atoms with Gasteiger partial charge in [0.25, 0.3) is 5.91 Å². The Morgan fingerprint density at radius 1 is 1.04 bits per heavy atom. The van der Waals surface area contributed by atoms with E-state index in [0.717, 1.165) is 16.5 Å². The topological polar surface area (TPSA) is 60.7 Å². The number of methoxy groups -OCH3 is 2. The average molecular weight is 325 g/mol. The normalized spacial score (nSPS) is 10.6. The summed E-state index contributed by atoms with van der Waals surface area (Å²) in [7, 11) is 3.17. The van der Waals surface area contributed by atoms with Crippen molar-refractivity contribution in [2.45, 2.75) is 13.5 Å². The highest BCUT2D eigenvalue weighted by atomic mass is 16.5. The molecule has 0 bridgehead atoms. The number of carbonyl (C=O) groups excluding carboxylic acids is 1. The van der Waals surface area contributed by atoms with Crippen LogP contribution in [0.5, 0.6) is 11.5 Å². The number of carbonyl (C=O) groups is 1. The first-order valence-corrected chi connectivity index (χ1v) is 7.60. The van der Waals surface area contributed by atoms with Gasteiger partial charge in [0.1, 0.15) is 5.58 Å². The van der Waals surface area contributed by atoms with Gasteiger partial charge in [-0.25, -0.2) is 0 Å². The highest BCUT2D eigenvalue weighted by Gasteiger charge is 2.12. The molecule has 5 heteroatoms. The zero-order valence-corrected chi connectivity index (χ0v) is 13.9. The van der Waals surface area contributed by atoms with Crippen LogP contribution in [0.4, 0.5) is 0 Å².